The van der Waals surface area contributed by atoms with Crippen molar-refractivity contribution >= 4 is 24.5 Å². The molecule has 0 unspecified atom stereocenters. The Bertz CT molecular complexity index is 677. The van der Waals surface area contributed by atoms with Gasteiger partial charge < -0.3 is 5.32 Å². The van der Waals surface area contributed by atoms with Crippen LogP contribution in [-0.2, 0) is 37.5 Å². The molecule has 0 aromatic heterocycles. The monoisotopic (exact) mass is 432 g/mol. The van der Waals surface area contributed by atoms with Gasteiger partial charge in [-0.05, 0) is 51.2 Å². The fourth-order valence-corrected chi connectivity index (χ4v) is 10.2. The van der Waals surface area contributed by atoms with E-state index in [4.69, 9.17) is 6.57 Å². The van der Waals surface area contributed by atoms with Gasteiger partial charge in [-0.2, -0.15) is 0 Å². The van der Waals surface area contributed by atoms with Crippen LogP contribution in [-0.4, -0.2) is 29.5 Å². The number of benzene rings is 1. The van der Waals surface area contributed by atoms with Crippen LogP contribution >= 0.6 is 7.26 Å². The number of nitrogens with zero attached hydrogens (tertiary/aromatic N) is 1. The van der Waals surface area contributed by atoms with Crippen LogP contribution in [0, 0.1) is 20.4 Å². The molecule has 1 saturated heterocycles. The Morgan fingerprint density at radius 3 is 2.20 bits per heavy atom. The molecule has 1 aliphatic heterocycles. The van der Waals surface area contributed by atoms with Gasteiger partial charge in [-0.15, -0.1) is 0 Å². The molecule has 1 radical (unpaired) electrons. The maximum absolute atomic E-state index is 13.3. The summed E-state index contributed by atoms with van der Waals surface area (Å²) in [6, 6.07) is 3.75. The van der Waals surface area contributed by atoms with Gasteiger partial charge in [-0.1, -0.05) is 12.1 Å². The fourth-order valence-electron chi connectivity index (χ4n) is 4.63. The molecule has 3 rings (SSSR count). The summed E-state index contributed by atoms with van der Waals surface area (Å²) in [5, 5.41) is 3.23. The predicted octanol–water partition coefficient (Wildman–Crippen LogP) is 5.54. The second-order valence-electron chi connectivity index (χ2n) is 7.52. The van der Waals surface area contributed by atoms with E-state index in [0.29, 0.717) is 5.69 Å². The molecule has 1 amide bonds. The van der Waals surface area contributed by atoms with Crippen LogP contribution < -0.4 is 5.32 Å². The van der Waals surface area contributed by atoms with E-state index in [-0.39, 0.29) is 43.8 Å². The number of aryl methyl sites for hydroxylation is 2. The van der Waals surface area contributed by atoms with E-state index >= 15 is 0 Å². The molecule has 2 fully saturated rings. The number of anilines is 1. The predicted molar refractivity (Wildman–Crippen MR) is 104 cm³/mol. The van der Waals surface area contributed by atoms with Gasteiger partial charge >= 0.3 is 0 Å². The molecule has 0 spiro atoms. The molecule has 131 valence electrons. The number of carbonyl (C=O) groups excluding carboxylic acids is 1. The number of amides is 1. The normalized spacial score (nSPS) is 20.1. The largest absolute Gasteiger partial charge is 0.322 e. The van der Waals surface area contributed by atoms with Crippen LogP contribution in [0.5, 0.6) is 0 Å². The summed E-state index contributed by atoms with van der Waals surface area (Å²) in [5.74, 6) is 0.265. The van der Waals surface area contributed by atoms with Crippen LogP contribution in [0.15, 0.2) is 12.1 Å². The first kappa shape index (κ1) is 21.0. The average Bonchev–Trinajstić information content (AvgIpc) is 3.40. The Labute approximate surface area is 177 Å². The number of hydrogen-bond acceptors (Lipinski definition) is 1. The summed E-state index contributed by atoms with van der Waals surface area (Å²) in [4.78, 5) is 16.8. The van der Waals surface area contributed by atoms with Crippen molar-refractivity contribution in [3.05, 3.63) is 34.7 Å². The fraction of sp³-hybridized carbons (Fsp3) is 0.600. The van der Waals surface area contributed by atoms with Crippen molar-refractivity contribution < 1.29 is 37.5 Å². The topological polar surface area (TPSA) is 33.5 Å². The Hall–Kier alpha value is -0.286. The Balaban J connectivity index is 0.00000225. The summed E-state index contributed by atoms with van der Waals surface area (Å²) < 4.78 is 0. The number of nitrogens with one attached hydrogen (secondary N) is 1. The minimum absolute atomic E-state index is 0. The summed E-state index contributed by atoms with van der Waals surface area (Å²) in [7, 11) is -1.16. The van der Waals surface area contributed by atoms with Crippen molar-refractivity contribution in [3.63, 3.8) is 0 Å². The third-order valence-electron chi connectivity index (χ3n) is 6.22. The minimum Gasteiger partial charge on any atom is -0.322 e. The molecule has 5 heteroatoms. The maximum atomic E-state index is 13.3. The Morgan fingerprint density at radius 2 is 1.76 bits per heavy atom. The second kappa shape index (κ2) is 8.16. The Kier molecular flexibility index (Phi) is 6.86. The number of rotatable bonds is 4. The molecular formula is C20H28N2OPY+. The van der Waals surface area contributed by atoms with E-state index in [1.807, 2.05) is 26.0 Å². The zero-order valence-electron chi connectivity index (χ0n) is 15.7. The summed E-state index contributed by atoms with van der Waals surface area (Å²) in [5.41, 5.74) is 3.56. The first-order valence-electron chi connectivity index (χ1n) is 9.14. The van der Waals surface area contributed by atoms with Gasteiger partial charge in [0.15, 0.2) is 10.8 Å². The van der Waals surface area contributed by atoms with Gasteiger partial charge in [-0.25, -0.2) is 4.85 Å². The summed E-state index contributed by atoms with van der Waals surface area (Å²) in [6.45, 7) is 13.5. The van der Waals surface area contributed by atoms with E-state index < -0.39 is 7.26 Å². The van der Waals surface area contributed by atoms with Gasteiger partial charge in [0.2, 0.25) is 0 Å². The standard InChI is InChI=1S/C20H27N2OP.Y/c1-5-24(11-7-6-8-12-24)20(9-10-20)19(23)22-18-15(2)13-17(21-4)14-16(18)3;/h13-14H,5-12H2,1-3H3;/p+1. The quantitative estimate of drug-likeness (QED) is 0.492. The molecule has 1 aliphatic carbocycles. The van der Waals surface area contributed by atoms with Gasteiger partial charge in [-0.3, -0.25) is 4.79 Å². The van der Waals surface area contributed by atoms with E-state index in [0.717, 1.165) is 29.7 Å². The third-order valence-corrected chi connectivity index (χ3v) is 12.2. The smallest absolute Gasteiger partial charge is 0.268 e. The first-order chi connectivity index (χ1) is 11.5. The molecule has 0 atom stereocenters. The molecule has 1 N–H and O–H groups in total. The number of carbonyl (C=O) groups is 1. The van der Waals surface area contributed by atoms with Crippen LogP contribution in [0.4, 0.5) is 11.4 Å². The van der Waals surface area contributed by atoms with Crippen molar-refractivity contribution in [2.75, 3.05) is 23.8 Å². The zero-order chi connectivity index (χ0) is 17.4. The van der Waals surface area contributed by atoms with E-state index in [9.17, 15) is 4.79 Å². The summed E-state index contributed by atoms with van der Waals surface area (Å²) >= 11 is 0. The van der Waals surface area contributed by atoms with Gasteiger partial charge in [0.25, 0.3) is 5.91 Å². The Morgan fingerprint density at radius 1 is 1.20 bits per heavy atom. The van der Waals surface area contributed by atoms with E-state index in [1.165, 1.54) is 37.7 Å². The third kappa shape index (κ3) is 3.73. The van der Waals surface area contributed by atoms with Crippen molar-refractivity contribution in [1.29, 1.82) is 0 Å². The van der Waals surface area contributed by atoms with E-state index in [2.05, 4.69) is 17.1 Å². The molecule has 2 aliphatic rings. The van der Waals surface area contributed by atoms with Crippen LogP contribution in [0.1, 0.15) is 50.2 Å². The van der Waals surface area contributed by atoms with Gasteiger partial charge in [0.1, 0.15) is 0 Å². The number of hydrogen-bond donors (Lipinski definition) is 1. The average molecular weight is 432 g/mol. The molecule has 25 heavy (non-hydrogen) atoms. The maximum Gasteiger partial charge on any atom is 0.268 e. The van der Waals surface area contributed by atoms with Gasteiger partial charge in [0, 0.05) is 58.5 Å². The van der Waals surface area contributed by atoms with Crippen molar-refractivity contribution in [2.24, 2.45) is 0 Å². The second-order valence-corrected chi connectivity index (χ2v) is 12.2. The van der Waals surface area contributed by atoms with Crippen molar-refractivity contribution in [1.82, 2.24) is 0 Å². The van der Waals surface area contributed by atoms with Crippen LogP contribution in [0.2, 0.25) is 0 Å². The van der Waals surface area contributed by atoms with E-state index in [1.54, 1.807) is 0 Å². The zero-order valence-corrected chi connectivity index (χ0v) is 19.4. The SMILES string of the molecule is [C-]#[N+]c1cc(C)c(NC(=O)C2([P+]3(CC)CCCCC3)CC2)c(C)c1.[Y]. The minimum atomic E-state index is -1.16. The molecule has 1 aromatic carbocycles. The molecule has 3 nitrogen and oxygen atoms in total. The molecule has 0 bridgehead atoms. The van der Waals surface area contributed by atoms with Crippen molar-refractivity contribution in [3.8, 4) is 0 Å². The molecule has 1 aromatic rings. The van der Waals surface area contributed by atoms with Crippen molar-refractivity contribution in [2.45, 2.75) is 58.0 Å². The van der Waals surface area contributed by atoms with Gasteiger partial charge in [0.05, 0.1) is 25.1 Å². The van der Waals surface area contributed by atoms with Crippen LogP contribution in [0.25, 0.3) is 4.85 Å². The first-order valence-corrected chi connectivity index (χ1v) is 11.5. The van der Waals surface area contributed by atoms with Crippen LogP contribution in [0.3, 0.4) is 0 Å². The summed E-state index contributed by atoms with van der Waals surface area (Å²) in [6.07, 6.45) is 9.97. The molecular weight excluding hydrogens is 404 g/mol. The molecule has 1 saturated carbocycles. The molecule has 1 heterocycles.